The van der Waals surface area contributed by atoms with Crippen LogP contribution >= 0.6 is 0 Å². The van der Waals surface area contributed by atoms with Crippen molar-refractivity contribution in [3.05, 3.63) is 41.5 Å². The first-order valence-electron chi connectivity index (χ1n) is 4.66. The number of hydrogen-bond acceptors (Lipinski definition) is 2. The summed E-state index contributed by atoms with van der Waals surface area (Å²) in [7, 11) is 0. The predicted octanol–water partition coefficient (Wildman–Crippen LogP) is 1.92. The number of aliphatic carboxylic acids is 1. The van der Waals surface area contributed by atoms with Gasteiger partial charge >= 0.3 is 5.97 Å². The molecule has 0 aliphatic carbocycles. The van der Waals surface area contributed by atoms with Gasteiger partial charge in [0.1, 0.15) is 6.29 Å². The highest BCUT2D eigenvalue weighted by Crippen LogP contribution is 2.08. The molecule has 15 heavy (non-hydrogen) atoms. The zero-order chi connectivity index (χ0) is 11.1. The summed E-state index contributed by atoms with van der Waals surface area (Å²) in [5.41, 5.74) is 1.87. The Morgan fingerprint density at radius 3 is 2.87 bits per heavy atom. The monoisotopic (exact) mass is 204 g/mol. The molecular formula is C12H12O3. The van der Waals surface area contributed by atoms with E-state index in [0.717, 1.165) is 23.5 Å². The Morgan fingerprint density at radius 2 is 2.20 bits per heavy atom. The molecule has 0 aliphatic rings. The van der Waals surface area contributed by atoms with Gasteiger partial charge in [-0.2, -0.15) is 0 Å². The van der Waals surface area contributed by atoms with Crippen molar-refractivity contribution in [2.24, 2.45) is 0 Å². The molecule has 0 unspecified atom stereocenters. The molecule has 0 aromatic heterocycles. The van der Waals surface area contributed by atoms with Crippen LogP contribution in [-0.4, -0.2) is 17.4 Å². The van der Waals surface area contributed by atoms with Crippen LogP contribution < -0.4 is 0 Å². The fourth-order valence-corrected chi connectivity index (χ4v) is 1.25. The Morgan fingerprint density at radius 1 is 1.40 bits per heavy atom. The molecular weight excluding hydrogens is 192 g/mol. The van der Waals surface area contributed by atoms with Gasteiger partial charge in [-0.1, -0.05) is 24.3 Å². The molecule has 0 radical (unpaired) electrons. The zero-order valence-corrected chi connectivity index (χ0v) is 8.22. The minimum Gasteiger partial charge on any atom is -0.478 e. The molecule has 0 bridgehead atoms. The van der Waals surface area contributed by atoms with Crippen LogP contribution in [0.1, 0.15) is 17.5 Å². The van der Waals surface area contributed by atoms with E-state index in [-0.39, 0.29) is 0 Å². The Labute approximate surface area is 88.0 Å². The number of carbonyl (C=O) groups excluding carboxylic acids is 1. The van der Waals surface area contributed by atoms with Crippen molar-refractivity contribution in [1.82, 2.24) is 0 Å². The summed E-state index contributed by atoms with van der Waals surface area (Å²) in [6.45, 7) is 0. The quantitative estimate of drug-likeness (QED) is 0.588. The number of aldehydes is 1. The Balaban J connectivity index is 2.73. The summed E-state index contributed by atoms with van der Waals surface area (Å²) in [6.07, 6.45) is 4.69. The second-order valence-corrected chi connectivity index (χ2v) is 3.12. The summed E-state index contributed by atoms with van der Waals surface area (Å²) < 4.78 is 0. The fraction of sp³-hybridized carbons (Fsp3) is 0.167. The summed E-state index contributed by atoms with van der Waals surface area (Å²) in [4.78, 5) is 20.5. The first-order chi connectivity index (χ1) is 7.22. The Bertz CT molecular complexity index is 380. The number of aryl methyl sites for hydroxylation is 1. The SMILES string of the molecule is O=CCCc1cccc(/C=C/C(=O)O)c1. The van der Waals surface area contributed by atoms with Crippen LogP contribution in [0.2, 0.25) is 0 Å². The largest absolute Gasteiger partial charge is 0.478 e. The lowest BCUT2D eigenvalue weighted by Crippen LogP contribution is -1.88. The van der Waals surface area contributed by atoms with Gasteiger partial charge < -0.3 is 9.90 Å². The molecule has 1 aromatic carbocycles. The summed E-state index contributed by atoms with van der Waals surface area (Å²) in [5.74, 6) is -0.965. The van der Waals surface area contributed by atoms with Crippen LogP contribution in [-0.2, 0) is 16.0 Å². The first kappa shape index (κ1) is 11.2. The number of carbonyl (C=O) groups is 2. The van der Waals surface area contributed by atoms with Crippen molar-refractivity contribution < 1.29 is 14.7 Å². The van der Waals surface area contributed by atoms with Crippen molar-refractivity contribution in [3.8, 4) is 0 Å². The van der Waals surface area contributed by atoms with Crippen molar-refractivity contribution in [3.63, 3.8) is 0 Å². The molecule has 3 nitrogen and oxygen atoms in total. The normalized spacial score (nSPS) is 10.4. The molecule has 0 atom stereocenters. The average molecular weight is 204 g/mol. The van der Waals surface area contributed by atoms with E-state index in [1.54, 1.807) is 0 Å². The van der Waals surface area contributed by atoms with Gasteiger partial charge in [-0.25, -0.2) is 4.79 Å². The first-order valence-corrected chi connectivity index (χ1v) is 4.66. The fourth-order valence-electron chi connectivity index (χ4n) is 1.25. The molecule has 0 saturated heterocycles. The molecule has 0 fully saturated rings. The van der Waals surface area contributed by atoms with Gasteiger partial charge in [-0.15, -0.1) is 0 Å². The highest BCUT2D eigenvalue weighted by Gasteiger charge is 1.94. The third-order valence-corrected chi connectivity index (χ3v) is 1.92. The second-order valence-electron chi connectivity index (χ2n) is 3.12. The molecule has 3 heteroatoms. The van der Waals surface area contributed by atoms with Crippen LogP contribution in [0.25, 0.3) is 6.08 Å². The van der Waals surface area contributed by atoms with Gasteiger partial charge in [0.2, 0.25) is 0 Å². The summed E-state index contributed by atoms with van der Waals surface area (Å²) in [6, 6.07) is 7.47. The van der Waals surface area contributed by atoms with E-state index >= 15 is 0 Å². The minimum atomic E-state index is -0.965. The van der Waals surface area contributed by atoms with E-state index in [9.17, 15) is 9.59 Å². The van der Waals surface area contributed by atoms with Crippen LogP contribution in [0.15, 0.2) is 30.3 Å². The smallest absolute Gasteiger partial charge is 0.328 e. The predicted molar refractivity (Wildman–Crippen MR) is 57.5 cm³/mol. The maximum absolute atomic E-state index is 10.3. The average Bonchev–Trinajstić information content (AvgIpc) is 2.24. The van der Waals surface area contributed by atoms with Crippen molar-refractivity contribution in [2.75, 3.05) is 0 Å². The van der Waals surface area contributed by atoms with Gasteiger partial charge in [0.05, 0.1) is 0 Å². The third kappa shape index (κ3) is 4.22. The van der Waals surface area contributed by atoms with Crippen molar-refractivity contribution in [1.29, 1.82) is 0 Å². The van der Waals surface area contributed by atoms with Crippen molar-refractivity contribution in [2.45, 2.75) is 12.8 Å². The number of hydrogen-bond donors (Lipinski definition) is 1. The van der Waals surface area contributed by atoms with E-state index in [4.69, 9.17) is 5.11 Å². The lowest BCUT2D eigenvalue weighted by atomic mass is 10.1. The number of carboxylic acids is 1. The molecule has 1 N–H and O–H groups in total. The maximum atomic E-state index is 10.3. The van der Waals surface area contributed by atoms with Crippen LogP contribution in [0, 0.1) is 0 Å². The van der Waals surface area contributed by atoms with Gasteiger partial charge in [0.25, 0.3) is 0 Å². The molecule has 1 rings (SSSR count). The minimum absolute atomic E-state index is 0.492. The van der Waals surface area contributed by atoms with Crippen LogP contribution in [0.5, 0.6) is 0 Å². The molecule has 78 valence electrons. The molecule has 0 aliphatic heterocycles. The molecule has 1 aromatic rings. The van der Waals surface area contributed by atoms with E-state index < -0.39 is 5.97 Å². The molecule has 0 spiro atoms. The van der Waals surface area contributed by atoms with E-state index in [2.05, 4.69) is 0 Å². The molecule has 0 amide bonds. The number of benzene rings is 1. The molecule has 0 saturated carbocycles. The summed E-state index contributed by atoms with van der Waals surface area (Å²) in [5, 5.41) is 8.45. The maximum Gasteiger partial charge on any atom is 0.328 e. The van der Waals surface area contributed by atoms with Crippen LogP contribution in [0.3, 0.4) is 0 Å². The Kier molecular flexibility index (Phi) is 4.29. The highest BCUT2D eigenvalue weighted by atomic mass is 16.4. The van der Waals surface area contributed by atoms with E-state index in [0.29, 0.717) is 12.8 Å². The van der Waals surface area contributed by atoms with Crippen molar-refractivity contribution >= 4 is 18.3 Å². The second kappa shape index (κ2) is 5.75. The zero-order valence-electron chi connectivity index (χ0n) is 8.22. The van der Waals surface area contributed by atoms with Gasteiger partial charge in [0.15, 0.2) is 0 Å². The standard InChI is InChI=1S/C12H12O3/c13-8-2-5-10-3-1-4-11(9-10)6-7-12(14)15/h1,3-4,6-9H,2,5H2,(H,14,15)/b7-6+. The number of carboxylic acid groups (broad SMARTS) is 1. The number of rotatable bonds is 5. The lowest BCUT2D eigenvalue weighted by molar-refractivity contribution is -0.131. The summed E-state index contributed by atoms with van der Waals surface area (Å²) >= 11 is 0. The van der Waals surface area contributed by atoms with Gasteiger partial charge in [-0.05, 0) is 23.6 Å². The lowest BCUT2D eigenvalue weighted by Gasteiger charge is -1.99. The Hall–Kier alpha value is -1.90. The van der Waals surface area contributed by atoms with E-state index in [1.807, 2.05) is 24.3 Å². The molecule has 0 heterocycles. The van der Waals surface area contributed by atoms with Gasteiger partial charge in [0, 0.05) is 12.5 Å². The topological polar surface area (TPSA) is 54.4 Å². The van der Waals surface area contributed by atoms with Crippen LogP contribution in [0.4, 0.5) is 0 Å². The third-order valence-electron chi connectivity index (χ3n) is 1.92. The van der Waals surface area contributed by atoms with E-state index in [1.165, 1.54) is 6.08 Å². The van der Waals surface area contributed by atoms with Gasteiger partial charge in [-0.3, -0.25) is 0 Å². The highest BCUT2D eigenvalue weighted by molar-refractivity contribution is 5.85.